The van der Waals surface area contributed by atoms with Crippen molar-refractivity contribution in [3.8, 4) is 16.2 Å². The lowest BCUT2D eigenvalue weighted by atomic mass is 10.1. The molecule has 2 nitrogen and oxygen atoms in total. The fourth-order valence-electron chi connectivity index (χ4n) is 2.55. The number of ether oxygens (including phenoxy) is 1. The second-order valence-corrected chi connectivity index (χ2v) is 7.00. The van der Waals surface area contributed by atoms with Crippen LogP contribution in [0.5, 0.6) is 5.75 Å². The third-order valence-electron chi connectivity index (χ3n) is 3.71. The van der Waals surface area contributed by atoms with Gasteiger partial charge in [0.1, 0.15) is 12.4 Å². The lowest BCUT2D eigenvalue weighted by Crippen LogP contribution is -1.96. The van der Waals surface area contributed by atoms with Gasteiger partial charge in [0.2, 0.25) is 0 Å². The van der Waals surface area contributed by atoms with Crippen LogP contribution in [0.15, 0.2) is 73.1 Å². The minimum atomic E-state index is 0.464. The number of halogens is 1. The van der Waals surface area contributed by atoms with E-state index in [1.165, 1.54) is 15.0 Å². The van der Waals surface area contributed by atoms with Crippen molar-refractivity contribution in [2.24, 2.45) is 0 Å². The molecule has 0 amide bonds. The molecule has 0 aliphatic rings. The summed E-state index contributed by atoms with van der Waals surface area (Å²) in [5, 5.41) is 1.93. The molecule has 4 heteroatoms. The largest absolute Gasteiger partial charge is 0.489 e. The van der Waals surface area contributed by atoms with Crippen molar-refractivity contribution in [2.45, 2.75) is 6.61 Å². The van der Waals surface area contributed by atoms with Crippen LogP contribution in [0, 0.1) is 0 Å². The molecule has 0 bridgehead atoms. The lowest BCUT2D eigenvalue weighted by Gasteiger charge is -2.07. The summed E-state index contributed by atoms with van der Waals surface area (Å²) in [7, 11) is 0. The minimum Gasteiger partial charge on any atom is -0.489 e. The fraction of sp³-hybridized carbons (Fsp3) is 0.0500. The molecule has 2 aromatic heterocycles. The first-order valence-corrected chi connectivity index (χ1v) is 8.79. The second kappa shape index (κ2) is 6.63. The minimum absolute atomic E-state index is 0.464. The molecule has 118 valence electrons. The number of thiophene rings is 1. The van der Waals surface area contributed by atoms with Gasteiger partial charge in [0.05, 0.1) is 0 Å². The number of hydrogen-bond donors (Lipinski definition) is 0. The Balaban J connectivity index is 1.57. The maximum absolute atomic E-state index is 5.98. The van der Waals surface area contributed by atoms with Gasteiger partial charge in [-0.25, -0.2) is 0 Å². The average Bonchev–Trinajstić information content (AvgIpc) is 3.05. The van der Waals surface area contributed by atoms with E-state index in [0.717, 1.165) is 16.9 Å². The first-order valence-electron chi connectivity index (χ1n) is 7.59. The maximum atomic E-state index is 5.98. The van der Waals surface area contributed by atoms with E-state index in [9.17, 15) is 0 Å². The number of benzene rings is 2. The number of rotatable bonds is 4. The van der Waals surface area contributed by atoms with Crippen LogP contribution in [0.1, 0.15) is 5.56 Å². The molecular formula is C20H14ClNOS. The summed E-state index contributed by atoms with van der Waals surface area (Å²) >= 11 is 7.76. The Labute approximate surface area is 149 Å². The molecule has 0 spiro atoms. The van der Waals surface area contributed by atoms with Gasteiger partial charge in [0.25, 0.3) is 0 Å². The number of hydrogen-bond acceptors (Lipinski definition) is 3. The summed E-state index contributed by atoms with van der Waals surface area (Å²) in [6.07, 6.45) is 3.73. The molecule has 0 radical (unpaired) electrons. The molecule has 24 heavy (non-hydrogen) atoms. The van der Waals surface area contributed by atoms with Gasteiger partial charge in [0, 0.05) is 38.1 Å². The summed E-state index contributed by atoms with van der Waals surface area (Å²) in [4.78, 5) is 5.58. The summed E-state index contributed by atoms with van der Waals surface area (Å²) in [5.74, 6) is 0.759. The van der Waals surface area contributed by atoms with Crippen molar-refractivity contribution in [2.75, 3.05) is 0 Å². The van der Waals surface area contributed by atoms with E-state index in [-0.39, 0.29) is 0 Å². The average molecular weight is 352 g/mol. The van der Waals surface area contributed by atoms with Crippen LogP contribution in [0.2, 0.25) is 5.02 Å². The number of pyridine rings is 1. The summed E-state index contributed by atoms with van der Waals surface area (Å²) in [6.45, 7) is 0.464. The van der Waals surface area contributed by atoms with Gasteiger partial charge < -0.3 is 4.74 Å². The Morgan fingerprint density at radius 2 is 1.88 bits per heavy atom. The Morgan fingerprint density at radius 1 is 0.958 bits per heavy atom. The van der Waals surface area contributed by atoms with Gasteiger partial charge in [-0.2, -0.15) is 0 Å². The predicted octanol–water partition coefficient (Wildman–Crippen LogP) is 6.20. The fourth-order valence-corrected chi connectivity index (χ4v) is 3.77. The van der Waals surface area contributed by atoms with Gasteiger partial charge in [-0.15, -0.1) is 11.3 Å². The van der Waals surface area contributed by atoms with E-state index in [2.05, 4.69) is 41.4 Å². The van der Waals surface area contributed by atoms with E-state index >= 15 is 0 Å². The van der Waals surface area contributed by atoms with Crippen molar-refractivity contribution in [1.82, 2.24) is 4.98 Å². The van der Waals surface area contributed by atoms with Gasteiger partial charge in [0.15, 0.2) is 0 Å². The molecule has 2 heterocycles. The smallest absolute Gasteiger partial charge is 0.121 e. The van der Waals surface area contributed by atoms with Crippen molar-refractivity contribution < 1.29 is 4.74 Å². The molecule has 0 saturated heterocycles. The zero-order chi connectivity index (χ0) is 16.4. The molecule has 4 rings (SSSR count). The molecule has 0 aliphatic heterocycles. The van der Waals surface area contributed by atoms with Crippen LogP contribution in [-0.4, -0.2) is 4.98 Å². The molecule has 0 atom stereocenters. The molecule has 0 saturated carbocycles. The van der Waals surface area contributed by atoms with E-state index in [0.29, 0.717) is 11.6 Å². The Morgan fingerprint density at radius 3 is 2.75 bits per heavy atom. The van der Waals surface area contributed by atoms with Gasteiger partial charge in [-0.3, -0.25) is 4.98 Å². The SMILES string of the molecule is Clc1cccc(OCc2cncc(-c3cc4ccccc4s3)c2)c1. The molecule has 4 aromatic rings. The van der Waals surface area contributed by atoms with E-state index in [4.69, 9.17) is 16.3 Å². The summed E-state index contributed by atoms with van der Waals surface area (Å²) in [5.41, 5.74) is 2.15. The standard InChI is InChI=1S/C20H14ClNOS/c21-17-5-3-6-18(10-17)23-13-14-8-16(12-22-11-14)20-9-15-4-1-2-7-19(15)24-20/h1-12H,13H2. The predicted molar refractivity (Wildman–Crippen MR) is 101 cm³/mol. The van der Waals surface area contributed by atoms with Gasteiger partial charge >= 0.3 is 0 Å². The van der Waals surface area contributed by atoms with Crippen molar-refractivity contribution in [1.29, 1.82) is 0 Å². The van der Waals surface area contributed by atoms with Crippen molar-refractivity contribution in [3.63, 3.8) is 0 Å². The highest BCUT2D eigenvalue weighted by atomic mass is 35.5. The van der Waals surface area contributed by atoms with Crippen molar-refractivity contribution in [3.05, 3.63) is 83.6 Å². The van der Waals surface area contributed by atoms with Crippen molar-refractivity contribution >= 4 is 33.0 Å². The highest BCUT2D eigenvalue weighted by molar-refractivity contribution is 7.22. The summed E-state index contributed by atoms with van der Waals surface area (Å²) in [6, 6.07) is 20.2. The number of aromatic nitrogens is 1. The third-order valence-corrected chi connectivity index (χ3v) is 5.11. The monoisotopic (exact) mass is 351 g/mol. The number of nitrogens with zero attached hydrogens (tertiary/aromatic N) is 1. The second-order valence-electron chi connectivity index (χ2n) is 5.48. The Kier molecular flexibility index (Phi) is 4.20. The highest BCUT2D eigenvalue weighted by Gasteiger charge is 2.06. The van der Waals surface area contributed by atoms with Crippen LogP contribution >= 0.6 is 22.9 Å². The van der Waals surface area contributed by atoms with Crippen LogP contribution in [-0.2, 0) is 6.61 Å². The molecule has 2 aromatic carbocycles. The van der Waals surface area contributed by atoms with E-state index in [1.807, 2.05) is 36.7 Å². The highest BCUT2D eigenvalue weighted by Crippen LogP contribution is 2.33. The molecule has 0 aliphatic carbocycles. The molecule has 0 unspecified atom stereocenters. The van der Waals surface area contributed by atoms with Crippen LogP contribution in [0.4, 0.5) is 0 Å². The van der Waals surface area contributed by atoms with Crippen LogP contribution in [0.25, 0.3) is 20.5 Å². The van der Waals surface area contributed by atoms with Crippen LogP contribution in [0.3, 0.4) is 0 Å². The Hall–Kier alpha value is -2.36. The maximum Gasteiger partial charge on any atom is 0.121 e. The lowest BCUT2D eigenvalue weighted by molar-refractivity contribution is 0.306. The molecular weight excluding hydrogens is 338 g/mol. The first-order chi connectivity index (χ1) is 11.8. The zero-order valence-electron chi connectivity index (χ0n) is 12.8. The van der Waals surface area contributed by atoms with Gasteiger partial charge in [-0.1, -0.05) is 35.9 Å². The van der Waals surface area contributed by atoms with E-state index in [1.54, 1.807) is 11.3 Å². The number of fused-ring (bicyclic) bond motifs is 1. The molecule has 0 fully saturated rings. The first kappa shape index (κ1) is 15.2. The zero-order valence-corrected chi connectivity index (χ0v) is 14.3. The van der Waals surface area contributed by atoms with Gasteiger partial charge in [-0.05, 0) is 41.8 Å². The topological polar surface area (TPSA) is 22.1 Å². The third kappa shape index (κ3) is 3.28. The van der Waals surface area contributed by atoms with E-state index < -0.39 is 0 Å². The normalized spacial score (nSPS) is 10.9. The van der Waals surface area contributed by atoms with Crippen LogP contribution < -0.4 is 4.74 Å². The summed E-state index contributed by atoms with van der Waals surface area (Å²) < 4.78 is 7.09. The quantitative estimate of drug-likeness (QED) is 0.437. The molecule has 0 N–H and O–H groups in total. The Bertz CT molecular complexity index is 963.